The van der Waals surface area contributed by atoms with Gasteiger partial charge in [-0.3, -0.25) is 0 Å². The van der Waals surface area contributed by atoms with Crippen LogP contribution in [0.1, 0.15) is 0 Å². The summed E-state index contributed by atoms with van der Waals surface area (Å²) in [6.07, 6.45) is 0. The second-order valence-electron chi connectivity index (χ2n) is 0. The van der Waals surface area contributed by atoms with Gasteiger partial charge in [-0.2, -0.15) is 0 Å². The van der Waals surface area contributed by atoms with E-state index in [1.54, 1.807) is 6.66 Å². The van der Waals surface area contributed by atoms with Crippen LogP contribution in [0.3, 0.4) is 0 Å². The summed E-state index contributed by atoms with van der Waals surface area (Å²) in [6.45, 7) is 1.75. The van der Waals surface area contributed by atoms with Crippen molar-refractivity contribution in [3.05, 3.63) is 0 Å². The molecule has 0 saturated carbocycles. The third-order valence-electron chi connectivity index (χ3n) is 0. The van der Waals surface area contributed by atoms with Gasteiger partial charge in [0.2, 0.25) is 0 Å². The molecule has 0 N–H and O–H groups in total. The van der Waals surface area contributed by atoms with Crippen LogP contribution < -0.4 is 0 Å². The fourth-order valence-corrected chi connectivity index (χ4v) is 0. The Balaban J connectivity index is -0.00000000500. The zero-order valence-electron chi connectivity index (χ0n) is 2.44. The molecule has 0 bridgehead atoms. The van der Waals surface area contributed by atoms with Crippen molar-refractivity contribution < 1.29 is 52.4 Å². The van der Waals surface area contributed by atoms with E-state index in [-0.39, 0.29) is 36.5 Å². The molecular weight excluding hydrogens is 187 g/mol. The van der Waals surface area contributed by atoms with Crippen molar-refractivity contribution in [2.24, 2.45) is 0 Å². The summed E-state index contributed by atoms with van der Waals surface area (Å²) in [5.41, 5.74) is 0. The zero-order chi connectivity index (χ0) is 2.00. The molecule has 0 unspecified atom stereocenters. The van der Waals surface area contributed by atoms with E-state index in [2.05, 4.69) is 15.8 Å². The fraction of sp³-hybridized carbons (Fsp3) is 0. The van der Waals surface area contributed by atoms with Crippen LogP contribution in [0.4, 0.5) is 0 Å². The smallest absolute Gasteiger partial charge is 0 e. The summed E-state index contributed by atoms with van der Waals surface area (Å²) in [7, 11) is 0. The molecule has 22 valence electrons. The van der Waals surface area contributed by atoms with E-state index >= 15 is 0 Å². The van der Waals surface area contributed by atoms with Crippen LogP contribution in [0, 0.1) is 0 Å². The van der Waals surface area contributed by atoms with Gasteiger partial charge in [-0.05, 0) is 0 Å². The van der Waals surface area contributed by atoms with Crippen molar-refractivity contribution in [2.45, 2.75) is 0 Å². The summed E-state index contributed by atoms with van der Waals surface area (Å²) in [4.78, 5) is 0. The maximum atomic E-state index is 3.25. The zero-order valence-corrected chi connectivity index (χ0v) is 7.69. The first-order valence-electron chi connectivity index (χ1n) is 0.354. The standard InChI is InChI=1S/BH2.Fe.Mn.Zn/h1H2;;;/q+1;-1;;. The topological polar surface area (TPSA) is 0 Å². The predicted octanol–water partition coefficient (Wildman–Crippen LogP) is -0.924. The van der Waals surface area contributed by atoms with Crippen molar-refractivity contribution in [3.8, 4) is 0 Å². The molecule has 1 radical (unpaired) electrons. The molecule has 0 nitrogen and oxygen atoms in total. The predicted molar refractivity (Wildman–Crippen MR) is 8.54 cm³/mol. The minimum atomic E-state index is 0. The molecule has 0 aliphatic carbocycles. The van der Waals surface area contributed by atoms with Crippen LogP contribution in [0.25, 0.3) is 0 Å². The maximum absolute atomic E-state index is 3.25. The Morgan fingerprint density at radius 3 is 1.25 bits per heavy atom. The Labute approximate surface area is 58.8 Å². The normalized spacial score (nSPS) is 1.25. The Hall–Kier alpha value is 1.73. The van der Waals surface area contributed by atoms with Crippen molar-refractivity contribution in [1.29, 1.82) is 0 Å². The van der Waals surface area contributed by atoms with Gasteiger partial charge in [0.25, 0.3) is 0 Å². The van der Waals surface area contributed by atoms with Crippen LogP contribution in [0.5, 0.6) is 0 Å². The van der Waals surface area contributed by atoms with E-state index < -0.39 is 0 Å². The number of hydrogen-bond donors (Lipinski definition) is 0. The Morgan fingerprint density at radius 2 is 1.25 bits per heavy atom. The van der Waals surface area contributed by atoms with Gasteiger partial charge in [-0.25, -0.2) is 0 Å². The number of rotatable bonds is 0. The van der Waals surface area contributed by atoms with Gasteiger partial charge in [-0.15, -0.1) is 0 Å². The van der Waals surface area contributed by atoms with E-state index in [9.17, 15) is 0 Å². The largest absolute Gasteiger partial charge is 0 e. The third kappa shape index (κ3) is 9.29. The molecule has 0 aliphatic rings. The monoisotopic (exact) mass is 188 g/mol. The molecule has 0 aromatic carbocycles. The second kappa shape index (κ2) is 22.0. The van der Waals surface area contributed by atoms with Crippen LogP contribution in [0.15, 0.2) is 0 Å². The van der Waals surface area contributed by atoms with Crippen LogP contribution >= 0.6 is 0 Å². The minimum Gasteiger partial charge on any atom is 0 e. The summed E-state index contributed by atoms with van der Waals surface area (Å²) in [5.74, 6) is 0. The fourth-order valence-electron chi connectivity index (χ4n) is 0. The van der Waals surface area contributed by atoms with Gasteiger partial charge < -0.3 is 0 Å². The Morgan fingerprint density at radius 1 is 1.25 bits per heavy atom. The van der Waals surface area contributed by atoms with E-state index in [0.717, 1.165) is 0 Å². The molecule has 0 saturated heterocycles. The average molecular weight is 189 g/mol. The van der Waals surface area contributed by atoms with Gasteiger partial charge >= 0.3 is 22.5 Å². The SMILES string of the molecule is [BH2][Fe].[Mn].[Zn]. The molecule has 0 amide bonds. The van der Waals surface area contributed by atoms with Gasteiger partial charge in [-0.1, -0.05) is 0 Å². The minimum absolute atomic E-state index is 0. The maximum Gasteiger partial charge on any atom is 0 e. The molecule has 0 heterocycles. The first-order valence-corrected chi connectivity index (χ1v) is 1.46. The molecule has 0 spiro atoms. The Bertz CT molecular complexity index is 8.00. The van der Waals surface area contributed by atoms with E-state index in [1.807, 2.05) is 0 Å². The number of hydrogen-bond acceptors (Lipinski definition) is 0. The molecule has 4 heavy (non-hydrogen) atoms. The van der Waals surface area contributed by atoms with Crippen LogP contribution in [-0.2, 0) is 52.4 Å². The van der Waals surface area contributed by atoms with Gasteiger partial charge in [0.1, 0.15) is 0 Å². The van der Waals surface area contributed by atoms with Crippen LogP contribution in [0.2, 0.25) is 0 Å². The molecule has 0 aromatic heterocycles. The Kier molecular flexibility index (Phi) is 94.7. The summed E-state index contributed by atoms with van der Waals surface area (Å²) in [5, 5.41) is 0. The molecular formula is H2BFeMnZn. The van der Waals surface area contributed by atoms with Crippen molar-refractivity contribution in [3.63, 3.8) is 0 Å². The van der Waals surface area contributed by atoms with Crippen molar-refractivity contribution in [1.82, 2.24) is 0 Å². The van der Waals surface area contributed by atoms with Crippen molar-refractivity contribution >= 4 is 6.66 Å². The summed E-state index contributed by atoms with van der Waals surface area (Å²) < 4.78 is 0. The molecule has 0 fully saturated rings. The molecule has 0 atom stereocenters. The van der Waals surface area contributed by atoms with Gasteiger partial charge in [0.05, 0.1) is 0 Å². The molecule has 0 aromatic rings. The van der Waals surface area contributed by atoms with E-state index in [1.165, 1.54) is 0 Å². The van der Waals surface area contributed by atoms with Gasteiger partial charge in [0, 0.05) is 36.5 Å². The molecule has 0 rings (SSSR count). The van der Waals surface area contributed by atoms with E-state index in [0.29, 0.717) is 0 Å². The van der Waals surface area contributed by atoms with E-state index in [4.69, 9.17) is 0 Å². The molecule has 0 aliphatic heterocycles. The molecule has 4 heteroatoms. The summed E-state index contributed by atoms with van der Waals surface area (Å²) >= 11 is 3.25. The summed E-state index contributed by atoms with van der Waals surface area (Å²) in [6, 6.07) is 0. The third-order valence-corrected chi connectivity index (χ3v) is 0. The van der Waals surface area contributed by atoms with Crippen molar-refractivity contribution in [2.75, 3.05) is 0 Å². The average Bonchev–Trinajstić information content (AvgIpc) is 1.00. The second-order valence-corrected chi connectivity index (χ2v) is 0. The van der Waals surface area contributed by atoms with Gasteiger partial charge in [0.15, 0.2) is 0 Å². The first-order chi connectivity index (χ1) is 1.00. The first kappa shape index (κ1) is 17.2. The van der Waals surface area contributed by atoms with Crippen LogP contribution in [-0.4, -0.2) is 6.66 Å². The quantitative estimate of drug-likeness (QED) is 0.432.